The summed E-state index contributed by atoms with van der Waals surface area (Å²) in [6.45, 7) is 6.04. The molecule has 4 heterocycles. The molecule has 4 aliphatic rings. The number of aromatic nitrogens is 2. The van der Waals surface area contributed by atoms with Crippen molar-refractivity contribution in [2.24, 2.45) is 0 Å². The first-order valence-electron chi connectivity index (χ1n) is 15.3. The fourth-order valence-corrected chi connectivity index (χ4v) is 7.10. The zero-order valence-electron chi connectivity index (χ0n) is 24.2. The number of ether oxygens (including phenoxy) is 1. The molecule has 1 aliphatic carbocycles. The number of urea groups is 1. The molecule has 42 heavy (non-hydrogen) atoms. The van der Waals surface area contributed by atoms with Gasteiger partial charge in [-0.1, -0.05) is 24.3 Å². The summed E-state index contributed by atoms with van der Waals surface area (Å²) in [5.74, 6) is -0.134. The van der Waals surface area contributed by atoms with Crippen molar-refractivity contribution >= 4 is 23.2 Å². The fraction of sp³-hybridized carbons (Fsp3) is 0.469. The number of aromatic amines is 1. The topological polar surface area (TPSA) is 106 Å². The number of anilines is 2. The number of carbonyl (C=O) groups is 2. The second kappa shape index (κ2) is 11.5. The Kier molecular flexibility index (Phi) is 7.43. The summed E-state index contributed by atoms with van der Waals surface area (Å²) < 4.78 is 5.43. The summed E-state index contributed by atoms with van der Waals surface area (Å²) in [7, 11) is 1.86. The Bertz CT molecular complexity index is 1450. The second-order valence-corrected chi connectivity index (χ2v) is 11.9. The van der Waals surface area contributed by atoms with Gasteiger partial charge in [0.15, 0.2) is 5.78 Å². The lowest BCUT2D eigenvalue weighted by Gasteiger charge is -2.37. The highest BCUT2D eigenvalue weighted by Crippen LogP contribution is 2.43. The largest absolute Gasteiger partial charge is 0.381 e. The number of hydrazine groups is 1. The maximum absolute atomic E-state index is 13.8. The number of fused-ring (bicyclic) bond motifs is 3. The van der Waals surface area contributed by atoms with Gasteiger partial charge in [0.05, 0.1) is 22.5 Å². The van der Waals surface area contributed by atoms with Crippen LogP contribution in [0.2, 0.25) is 0 Å². The molecule has 3 fully saturated rings. The van der Waals surface area contributed by atoms with E-state index >= 15 is 0 Å². The van der Waals surface area contributed by atoms with E-state index in [1.807, 2.05) is 24.2 Å². The average Bonchev–Trinajstić information content (AvgIpc) is 3.77. The van der Waals surface area contributed by atoms with Gasteiger partial charge in [-0.25, -0.2) is 9.80 Å². The number of nitrogens with zero attached hydrogens (tertiary/aromatic N) is 4. The number of piperidine rings is 1. The monoisotopic (exact) mass is 569 g/mol. The predicted octanol–water partition coefficient (Wildman–Crippen LogP) is 4.50. The van der Waals surface area contributed by atoms with Gasteiger partial charge in [0.25, 0.3) is 0 Å². The van der Waals surface area contributed by atoms with Gasteiger partial charge in [-0.3, -0.25) is 15.3 Å². The molecule has 0 saturated carbocycles. The molecule has 3 aliphatic heterocycles. The molecule has 10 nitrogen and oxygen atoms in total. The lowest BCUT2D eigenvalue weighted by molar-refractivity contribution is 0.0312. The first kappa shape index (κ1) is 27.1. The first-order chi connectivity index (χ1) is 20.6. The number of ketones is 1. The molecule has 220 valence electrons. The van der Waals surface area contributed by atoms with E-state index in [2.05, 4.69) is 55.0 Å². The van der Waals surface area contributed by atoms with Crippen LogP contribution in [0.4, 0.5) is 16.2 Å². The SMILES string of the molecule is CN(NC(=O)Nc1cccc2c1C(=O)c1c-2n[nH]c1-c1ccc(N2CCC(N3CCCC3)CC2)cc1)C1CCOCC1. The Morgan fingerprint density at radius 1 is 0.976 bits per heavy atom. The summed E-state index contributed by atoms with van der Waals surface area (Å²) in [4.78, 5) is 31.8. The van der Waals surface area contributed by atoms with E-state index in [-0.39, 0.29) is 17.9 Å². The van der Waals surface area contributed by atoms with E-state index in [9.17, 15) is 9.59 Å². The van der Waals surface area contributed by atoms with E-state index in [0.29, 0.717) is 41.4 Å². The Balaban J connectivity index is 1.04. The van der Waals surface area contributed by atoms with Crippen LogP contribution in [0.15, 0.2) is 42.5 Å². The number of rotatable bonds is 6. The van der Waals surface area contributed by atoms with Crippen LogP contribution in [0.25, 0.3) is 22.5 Å². The van der Waals surface area contributed by atoms with Crippen molar-refractivity contribution in [3.8, 4) is 22.5 Å². The molecular formula is C32H39N7O3. The Morgan fingerprint density at radius 3 is 2.45 bits per heavy atom. The van der Waals surface area contributed by atoms with Gasteiger partial charge in [-0.05, 0) is 69.8 Å². The number of benzene rings is 2. The molecular weight excluding hydrogens is 530 g/mol. The van der Waals surface area contributed by atoms with E-state index < -0.39 is 0 Å². The number of nitrogens with one attached hydrogen (secondary N) is 3. The Morgan fingerprint density at radius 2 is 1.71 bits per heavy atom. The molecule has 0 spiro atoms. The van der Waals surface area contributed by atoms with E-state index in [1.54, 1.807) is 6.07 Å². The molecule has 10 heteroatoms. The van der Waals surface area contributed by atoms with E-state index in [0.717, 1.165) is 43.1 Å². The molecule has 0 atom stereocenters. The minimum atomic E-state index is -0.378. The molecule has 7 rings (SSSR count). The van der Waals surface area contributed by atoms with Crippen LogP contribution in [-0.2, 0) is 4.74 Å². The molecule has 3 aromatic rings. The highest BCUT2D eigenvalue weighted by atomic mass is 16.5. The van der Waals surface area contributed by atoms with Crippen LogP contribution in [-0.4, -0.2) is 90.4 Å². The van der Waals surface area contributed by atoms with E-state index in [1.165, 1.54) is 44.5 Å². The minimum absolute atomic E-state index is 0.134. The lowest BCUT2D eigenvalue weighted by Crippen LogP contribution is -2.49. The van der Waals surface area contributed by atoms with Gasteiger partial charge in [-0.15, -0.1) is 0 Å². The third kappa shape index (κ3) is 5.08. The second-order valence-electron chi connectivity index (χ2n) is 11.9. The van der Waals surface area contributed by atoms with E-state index in [4.69, 9.17) is 4.74 Å². The number of hydrogen-bond acceptors (Lipinski definition) is 7. The molecule has 2 aromatic carbocycles. The summed E-state index contributed by atoms with van der Waals surface area (Å²) in [5, 5.41) is 12.4. The summed E-state index contributed by atoms with van der Waals surface area (Å²) >= 11 is 0. The van der Waals surface area contributed by atoms with Gasteiger partial charge < -0.3 is 19.9 Å². The normalized spacial score (nSPS) is 19.8. The third-order valence-corrected chi connectivity index (χ3v) is 9.45. The quantitative estimate of drug-likeness (QED) is 0.294. The molecule has 0 unspecified atom stereocenters. The highest BCUT2D eigenvalue weighted by molar-refractivity contribution is 6.26. The van der Waals surface area contributed by atoms with Crippen LogP contribution in [0, 0.1) is 0 Å². The third-order valence-electron chi connectivity index (χ3n) is 9.45. The van der Waals surface area contributed by atoms with Crippen molar-refractivity contribution in [2.75, 3.05) is 56.7 Å². The standard InChI is InChI=1S/C32H39N7O3/c1-37(22-13-19-42-20-14-22)36-32(41)33-26-6-4-5-25-27(26)31(40)28-29(34-35-30(25)28)21-7-9-23(10-8-21)39-17-11-24(12-18-39)38-15-2-3-16-38/h4-10,22,24H,2-3,11-20H2,1H3,(H,34,35)(H2,33,36,41). The lowest BCUT2D eigenvalue weighted by atomic mass is 10.0. The number of H-pyrrole nitrogens is 1. The molecule has 3 N–H and O–H groups in total. The van der Waals surface area contributed by atoms with Crippen molar-refractivity contribution in [1.82, 2.24) is 25.5 Å². The van der Waals surface area contributed by atoms with Gasteiger partial charge in [0.1, 0.15) is 5.69 Å². The van der Waals surface area contributed by atoms with Crippen LogP contribution in [0.1, 0.15) is 54.4 Å². The predicted molar refractivity (Wildman–Crippen MR) is 163 cm³/mol. The van der Waals surface area contributed by atoms with Crippen molar-refractivity contribution in [1.29, 1.82) is 0 Å². The van der Waals surface area contributed by atoms with Crippen LogP contribution in [0.5, 0.6) is 0 Å². The summed E-state index contributed by atoms with van der Waals surface area (Å²) in [6, 6.07) is 14.5. The van der Waals surface area contributed by atoms with Crippen LogP contribution >= 0.6 is 0 Å². The molecule has 0 bridgehead atoms. The molecule has 1 aromatic heterocycles. The molecule has 2 amide bonds. The molecule has 3 saturated heterocycles. The zero-order chi connectivity index (χ0) is 28.6. The van der Waals surface area contributed by atoms with Crippen molar-refractivity contribution in [2.45, 2.75) is 50.6 Å². The number of hydrogen-bond donors (Lipinski definition) is 3. The number of likely N-dealkylation sites (tertiary alicyclic amines) is 1. The minimum Gasteiger partial charge on any atom is -0.381 e. The zero-order valence-corrected chi connectivity index (χ0v) is 24.2. The summed E-state index contributed by atoms with van der Waals surface area (Å²) in [6.07, 6.45) is 6.82. The molecule has 0 radical (unpaired) electrons. The van der Waals surface area contributed by atoms with Crippen molar-refractivity contribution in [3.63, 3.8) is 0 Å². The van der Waals surface area contributed by atoms with Gasteiger partial charge in [-0.2, -0.15) is 5.10 Å². The fourth-order valence-electron chi connectivity index (χ4n) is 7.10. The Hall–Kier alpha value is -3.73. The number of carbonyl (C=O) groups excluding carboxylic acids is 2. The van der Waals surface area contributed by atoms with Gasteiger partial charge >= 0.3 is 6.03 Å². The van der Waals surface area contributed by atoms with Crippen molar-refractivity contribution in [3.05, 3.63) is 53.6 Å². The highest BCUT2D eigenvalue weighted by Gasteiger charge is 2.35. The Labute approximate surface area is 246 Å². The van der Waals surface area contributed by atoms with Gasteiger partial charge in [0, 0.05) is 62.2 Å². The maximum Gasteiger partial charge on any atom is 0.333 e. The first-order valence-corrected chi connectivity index (χ1v) is 15.3. The van der Waals surface area contributed by atoms with Crippen LogP contribution < -0.4 is 15.6 Å². The maximum atomic E-state index is 13.8. The summed E-state index contributed by atoms with van der Waals surface area (Å²) in [5.41, 5.74) is 8.60. The smallest absolute Gasteiger partial charge is 0.333 e. The van der Waals surface area contributed by atoms with Crippen molar-refractivity contribution < 1.29 is 14.3 Å². The number of amides is 2. The average molecular weight is 570 g/mol. The van der Waals surface area contributed by atoms with Gasteiger partial charge in [0.2, 0.25) is 0 Å². The van der Waals surface area contributed by atoms with Crippen LogP contribution in [0.3, 0.4) is 0 Å².